The molecule has 6 nitrogen and oxygen atoms in total. The fourth-order valence-corrected chi connectivity index (χ4v) is 4.69. The minimum absolute atomic E-state index is 0.000823. The number of rotatable bonds is 8. The predicted octanol–water partition coefficient (Wildman–Crippen LogP) is 5.43. The Bertz CT molecular complexity index is 1320. The second kappa shape index (κ2) is 10.9. The van der Waals surface area contributed by atoms with Gasteiger partial charge in [-0.1, -0.05) is 42.1 Å². The lowest BCUT2D eigenvalue weighted by Crippen LogP contribution is -2.29. The van der Waals surface area contributed by atoms with Crippen LogP contribution in [0, 0.1) is 17.1 Å². The molecular formula is C27H21FN2O4S. The van der Waals surface area contributed by atoms with Gasteiger partial charge in [0, 0.05) is 5.56 Å². The third-order valence-corrected chi connectivity index (χ3v) is 6.37. The molecule has 2 aromatic carbocycles. The maximum Gasteiger partial charge on any atom is 0.337 e. The molecule has 0 bridgehead atoms. The first-order valence-corrected chi connectivity index (χ1v) is 11.8. The Balaban J connectivity index is 1.77. The number of nitrogens with zero attached hydrogens (tertiary/aromatic N) is 1. The molecule has 2 heterocycles. The summed E-state index contributed by atoms with van der Waals surface area (Å²) in [6, 6.07) is 20.1. The molecule has 3 aromatic rings. The van der Waals surface area contributed by atoms with Crippen LogP contribution in [0.4, 0.5) is 4.39 Å². The lowest BCUT2D eigenvalue weighted by molar-refractivity contribution is -0.138. The molecule has 1 aliphatic rings. The van der Waals surface area contributed by atoms with E-state index in [9.17, 15) is 19.2 Å². The Kier molecular flexibility index (Phi) is 7.48. The van der Waals surface area contributed by atoms with E-state index in [1.807, 2.05) is 30.3 Å². The first kappa shape index (κ1) is 24.0. The molecule has 4 rings (SSSR count). The average molecular weight is 489 g/mol. The van der Waals surface area contributed by atoms with Crippen LogP contribution >= 0.6 is 11.8 Å². The van der Waals surface area contributed by atoms with Crippen molar-refractivity contribution >= 4 is 29.2 Å². The first-order chi connectivity index (χ1) is 17.0. The number of thioether (sulfide) groups is 1. The van der Waals surface area contributed by atoms with Crippen molar-refractivity contribution in [3.63, 3.8) is 0 Å². The number of ketones is 1. The largest absolute Gasteiger partial charge is 0.468 e. The molecule has 0 radical (unpaired) electrons. The van der Waals surface area contributed by atoms with Gasteiger partial charge in [-0.3, -0.25) is 4.79 Å². The van der Waals surface area contributed by atoms with Crippen LogP contribution in [0.3, 0.4) is 0 Å². The van der Waals surface area contributed by atoms with Crippen molar-refractivity contribution in [2.75, 3.05) is 12.4 Å². The van der Waals surface area contributed by atoms with Crippen LogP contribution < -0.4 is 5.32 Å². The van der Waals surface area contributed by atoms with Gasteiger partial charge in [-0.2, -0.15) is 5.26 Å². The number of benzene rings is 2. The summed E-state index contributed by atoms with van der Waals surface area (Å²) in [6.07, 6.45) is 1.47. The van der Waals surface area contributed by atoms with Crippen LogP contribution in [-0.4, -0.2) is 24.1 Å². The van der Waals surface area contributed by atoms with E-state index < -0.39 is 17.7 Å². The topological polar surface area (TPSA) is 92.3 Å². The molecule has 1 atom stereocenters. The van der Waals surface area contributed by atoms with Gasteiger partial charge in [0.05, 0.1) is 52.5 Å². The van der Waals surface area contributed by atoms with Crippen molar-refractivity contribution < 1.29 is 23.1 Å². The van der Waals surface area contributed by atoms with Gasteiger partial charge in [-0.05, 0) is 48.9 Å². The zero-order valence-electron chi connectivity index (χ0n) is 18.8. The number of Topliss-reactive ketones (excluding diaryl/α,β-unsaturated/α-hetero) is 1. The van der Waals surface area contributed by atoms with Crippen molar-refractivity contribution in [2.45, 2.75) is 12.8 Å². The lowest BCUT2D eigenvalue weighted by Gasteiger charge is -2.29. The summed E-state index contributed by atoms with van der Waals surface area (Å²) in [5.74, 6) is -1.64. The highest BCUT2D eigenvalue weighted by atomic mass is 32.2. The van der Waals surface area contributed by atoms with Gasteiger partial charge in [-0.25, -0.2) is 9.18 Å². The number of nitriles is 1. The minimum Gasteiger partial charge on any atom is -0.468 e. The van der Waals surface area contributed by atoms with Gasteiger partial charge in [0.25, 0.3) is 0 Å². The smallest absolute Gasteiger partial charge is 0.337 e. The van der Waals surface area contributed by atoms with E-state index in [0.717, 1.165) is 11.8 Å². The second-order valence-corrected chi connectivity index (χ2v) is 8.51. The van der Waals surface area contributed by atoms with Crippen LogP contribution in [0.15, 0.2) is 93.6 Å². The number of furan rings is 1. The predicted molar refractivity (Wildman–Crippen MR) is 130 cm³/mol. The van der Waals surface area contributed by atoms with E-state index in [0.29, 0.717) is 27.6 Å². The molecule has 35 heavy (non-hydrogen) atoms. The van der Waals surface area contributed by atoms with Crippen LogP contribution in [0.5, 0.6) is 0 Å². The number of ether oxygens (including phenoxy) is 1. The number of allylic oxidation sites excluding steroid dienone is 1. The molecular weight excluding hydrogens is 467 g/mol. The van der Waals surface area contributed by atoms with Gasteiger partial charge in [0.1, 0.15) is 11.6 Å². The molecule has 0 fully saturated rings. The minimum atomic E-state index is -0.825. The summed E-state index contributed by atoms with van der Waals surface area (Å²) in [5, 5.41) is 13.8. The summed E-state index contributed by atoms with van der Waals surface area (Å²) in [4.78, 5) is 25.9. The third kappa shape index (κ3) is 5.20. The quantitative estimate of drug-likeness (QED) is 0.334. The van der Waals surface area contributed by atoms with Crippen molar-refractivity contribution in [3.8, 4) is 6.07 Å². The molecule has 8 heteroatoms. The maximum atomic E-state index is 13.2. The van der Waals surface area contributed by atoms with E-state index in [2.05, 4.69) is 11.4 Å². The summed E-state index contributed by atoms with van der Waals surface area (Å²) in [5.41, 5.74) is 2.04. The Morgan fingerprint density at radius 1 is 1.11 bits per heavy atom. The average Bonchev–Trinajstić information content (AvgIpc) is 3.42. The van der Waals surface area contributed by atoms with E-state index in [-0.39, 0.29) is 29.3 Å². The third-order valence-electron chi connectivity index (χ3n) is 5.35. The summed E-state index contributed by atoms with van der Waals surface area (Å²) in [7, 11) is 0. The number of carbonyl (C=O) groups is 2. The molecule has 0 saturated heterocycles. The van der Waals surface area contributed by atoms with Crippen LogP contribution in [0.1, 0.15) is 34.5 Å². The molecule has 0 amide bonds. The van der Waals surface area contributed by atoms with Gasteiger partial charge < -0.3 is 14.5 Å². The normalized spacial score (nSPS) is 15.4. The zero-order chi connectivity index (χ0) is 24.8. The monoisotopic (exact) mass is 488 g/mol. The number of halogens is 1. The van der Waals surface area contributed by atoms with Crippen molar-refractivity contribution in [3.05, 3.63) is 112 Å². The molecule has 1 N–H and O–H groups in total. The number of carbonyl (C=O) groups excluding carboxylic acids is 2. The van der Waals surface area contributed by atoms with Gasteiger partial charge >= 0.3 is 5.97 Å². The zero-order valence-corrected chi connectivity index (χ0v) is 19.6. The molecule has 1 unspecified atom stereocenters. The highest BCUT2D eigenvalue weighted by Crippen LogP contribution is 2.43. The standard InChI is InChI=1S/C27H21FN2O4S/c1-2-33-27(32)24-23(22-9-6-14-34-22)20(15-29)26(30-25(24)18-7-4-3-5-8-18)35-16-21(31)17-10-12-19(28)13-11-17/h3-14,23,30H,2,16H2,1H3. The molecule has 176 valence electrons. The van der Waals surface area contributed by atoms with E-state index in [4.69, 9.17) is 9.15 Å². The van der Waals surface area contributed by atoms with Gasteiger partial charge in [-0.15, -0.1) is 0 Å². The molecule has 1 aromatic heterocycles. The Morgan fingerprint density at radius 2 is 1.86 bits per heavy atom. The van der Waals surface area contributed by atoms with Gasteiger partial charge in [0.2, 0.25) is 0 Å². The Hall–Kier alpha value is -4.09. The first-order valence-electron chi connectivity index (χ1n) is 10.9. The summed E-state index contributed by atoms with van der Waals surface area (Å²) in [6.45, 7) is 1.87. The Labute approximate surface area is 206 Å². The van der Waals surface area contributed by atoms with E-state index in [1.54, 1.807) is 19.1 Å². The van der Waals surface area contributed by atoms with Gasteiger partial charge in [0.15, 0.2) is 5.78 Å². The van der Waals surface area contributed by atoms with Crippen LogP contribution in [0.25, 0.3) is 5.70 Å². The number of dihydropyridines is 1. The molecule has 0 saturated carbocycles. The molecule has 1 aliphatic heterocycles. The summed E-state index contributed by atoms with van der Waals surface area (Å²) < 4.78 is 24.2. The van der Waals surface area contributed by atoms with Crippen LogP contribution in [0.2, 0.25) is 0 Å². The maximum absolute atomic E-state index is 13.2. The summed E-state index contributed by atoms with van der Waals surface area (Å²) >= 11 is 1.14. The fraction of sp³-hybridized carbons (Fsp3) is 0.148. The fourth-order valence-electron chi connectivity index (χ4n) is 3.76. The van der Waals surface area contributed by atoms with Crippen molar-refractivity contribution in [1.29, 1.82) is 5.26 Å². The number of nitrogens with one attached hydrogen (secondary N) is 1. The number of hydrogen-bond acceptors (Lipinski definition) is 7. The number of hydrogen-bond donors (Lipinski definition) is 1. The lowest BCUT2D eigenvalue weighted by atomic mass is 9.84. The van der Waals surface area contributed by atoms with E-state index in [1.165, 1.54) is 30.5 Å². The Morgan fingerprint density at radius 3 is 2.49 bits per heavy atom. The highest BCUT2D eigenvalue weighted by Gasteiger charge is 2.38. The highest BCUT2D eigenvalue weighted by molar-refractivity contribution is 8.03. The van der Waals surface area contributed by atoms with Crippen molar-refractivity contribution in [1.82, 2.24) is 5.32 Å². The molecule has 0 aliphatic carbocycles. The number of esters is 1. The second-order valence-electron chi connectivity index (χ2n) is 7.52. The van der Waals surface area contributed by atoms with Crippen molar-refractivity contribution in [2.24, 2.45) is 0 Å². The van der Waals surface area contributed by atoms with Crippen LogP contribution in [-0.2, 0) is 9.53 Å². The van der Waals surface area contributed by atoms with E-state index >= 15 is 0 Å². The SMILES string of the molecule is CCOC(=O)C1=C(c2ccccc2)NC(SCC(=O)c2ccc(F)cc2)=C(C#N)C1c1ccco1. The molecule has 0 spiro atoms.